The highest BCUT2D eigenvalue weighted by Gasteiger charge is 2.25. The van der Waals surface area contributed by atoms with Crippen LogP contribution < -0.4 is 0 Å². The Morgan fingerprint density at radius 3 is 2.28 bits per heavy atom. The second-order valence-corrected chi connectivity index (χ2v) is 8.34. The number of nitrogens with zero attached hydrogens (tertiary/aromatic N) is 8. The molecule has 6 rings (SSSR count). The van der Waals surface area contributed by atoms with Crippen molar-refractivity contribution < 1.29 is 4.52 Å². The van der Waals surface area contributed by atoms with Crippen LogP contribution in [-0.2, 0) is 0 Å². The van der Waals surface area contributed by atoms with Crippen molar-refractivity contribution in [2.75, 3.05) is 0 Å². The highest BCUT2D eigenvalue weighted by Crippen LogP contribution is 2.37. The van der Waals surface area contributed by atoms with Crippen LogP contribution in [0.1, 0.15) is 5.69 Å². The van der Waals surface area contributed by atoms with Gasteiger partial charge in [0.1, 0.15) is 11.4 Å². The first-order valence-electron chi connectivity index (χ1n) is 11.1. The number of benzene rings is 3. The van der Waals surface area contributed by atoms with Gasteiger partial charge in [0.05, 0.1) is 16.8 Å². The summed E-state index contributed by atoms with van der Waals surface area (Å²) in [6, 6.07) is 26.6. The van der Waals surface area contributed by atoms with E-state index in [1.54, 1.807) is 11.6 Å². The highest BCUT2D eigenvalue weighted by atomic mass is 35.5. The second-order valence-electron chi connectivity index (χ2n) is 7.90. The summed E-state index contributed by atoms with van der Waals surface area (Å²) in [6.07, 6.45) is 0. The molecule has 0 radical (unpaired) electrons. The number of aromatic nitrogens is 6. The summed E-state index contributed by atoms with van der Waals surface area (Å²) >= 11 is 6.17. The smallest absolute Gasteiger partial charge is 0.277 e. The third-order valence-corrected chi connectivity index (χ3v) is 5.76. The summed E-state index contributed by atoms with van der Waals surface area (Å²) in [6.45, 7) is 1.77. The Balaban J connectivity index is 1.54. The lowest BCUT2D eigenvalue weighted by Crippen LogP contribution is -2.07. The van der Waals surface area contributed by atoms with Gasteiger partial charge in [-0.15, -0.1) is 25.5 Å². The minimum absolute atomic E-state index is 0.220. The summed E-state index contributed by atoms with van der Waals surface area (Å²) in [5, 5.41) is 27.4. The largest absolute Gasteiger partial charge is 0.334 e. The molecule has 6 aromatic rings. The standard InChI is InChI=1S/C26H17ClN8O/c1-16-24(31-30-20-10-6-3-7-11-20)28-26(32-29-16)35-23(18-12-14-19(27)15-13-18)21-22(34-36-25(21)33-35)17-8-4-2-5-9-17/h2-15H,1H3. The molecule has 3 heterocycles. The quantitative estimate of drug-likeness (QED) is 0.242. The summed E-state index contributed by atoms with van der Waals surface area (Å²) in [5.41, 5.74) is 4.66. The summed E-state index contributed by atoms with van der Waals surface area (Å²) in [5.74, 6) is 0.553. The Morgan fingerprint density at radius 1 is 0.806 bits per heavy atom. The van der Waals surface area contributed by atoms with Gasteiger partial charge in [-0.25, -0.2) is 0 Å². The van der Waals surface area contributed by atoms with Crippen molar-refractivity contribution in [1.82, 2.24) is 30.1 Å². The van der Waals surface area contributed by atoms with Crippen LogP contribution in [0.2, 0.25) is 5.02 Å². The van der Waals surface area contributed by atoms with E-state index in [4.69, 9.17) is 16.1 Å². The normalized spacial score (nSPS) is 11.5. The zero-order chi connectivity index (χ0) is 24.5. The van der Waals surface area contributed by atoms with E-state index in [9.17, 15) is 0 Å². The van der Waals surface area contributed by atoms with Crippen LogP contribution in [0.3, 0.4) is 0 Å². The molecule has 36 heavy (non-hydrogen) atoms. The number of azo groups is 1. The van der Waals surface area contributed by atoms with Gasteiger partial charge in [-0.3, -0.25) is 0 Å². The zero-order valence-electron chi connectivity index (χ0n) is 18.9. The SMILES string of the molecule is Cc1nnc(-n2nc3onc(-c4ccccc4)c3c2-c2ccc(Cl)cc2)nc1N=Nc1ccccc1. The molecule has 0 atom stereocenters. The van der Waals surface area contributed by atoms with Crippen molar-refractivity contribution in [2.24, 2.45) is 10.2 Å². The molecule has 0 amide bonds. The minimum atomic E-state index is 0.220. The van der Waals surface area contributed by atoms with Crippen LogP contribution in [0, 0.1) is 6.92 Å². The van der Waals surface area contributed by atoms with E-state index in [1.165, 1.54) is 0 Å². The number of hydrogen-bond acceptors (Lipinski definition) is 8. The molecular formula is C26H17ClN8O. The molecule has 9 nitrogen and oxygen atoms in total. The molecule has 0 saturated carbocycles. The predicted molar refractivity (Wildman–Crippen MR) is 136 cm³/mol. The average Bonchev–Trinajstić information content (AvgIpc) is 3.50. The first-order valence-corrected chi connectivity index (χ1v) is 11.4. The first-order chi connectivity index (χ1) is 17.7. The van der Waals surface area contributed by atoms with Crippen molar-refractivity contribution in [3.05, 3.63) is 95.6 Å². The van der Waals surface area contributed by atoms with Gasteiger partial charge in [-0.05, 0) is 31.2 Å². The number of hydrogen-bond donors (Lipinski definition) is 0. The van der Waals surface area contributed by atoms with Crippen LogP contribution in [0.4, 0.5) is 11.5 Å². The Kier molecular flexibility index (Phi) is 5.51. The minimum Gasteiger partial charge on any atom is -0.334 e. The van der Waals surface area contributed by atoms with Gasteiger partial charge in [-0.2, -0.15) is 9.67 Å². The van der Waals surface area contributed by atoms with Gasteiger partial charge in [-0.1, -0.05) is 77.4 Å². The number of fused-ring (bicyclic) bond motifs is 1. The van der Waals surface area contributed by atoms with E-state index in [2.05, 4.69) is 35.7 Å². The molecule has 0 spiro atoms. The molecule has 0 unspecified atom stereocenters. The van der Waals surface area contributed by atoms with Crippen molar-refractivity contribution in [2.45, 2.75) is 6.92 Å². The fraction of sp³-hybridized carbons (Fsp3) is 0.0385. The van der Waals surface area contributed by atoms with Gasteiger partial charge in [0.25, 0.3) is 11.7 Å². The third-order valence-electron chi connectivity index (χ3n) is 5.50. The number of halogens is 1. The van der Waals surface area contributed by atoms with Crippen LogP contribution in [0.5, 0.6) is 0 Å². The van der Waals surface area contributed by atoms with Gasteiger partial charge in [0.15, 0.2) is 0 Å². The Hall–Kier alpha value is -4.76. The molecule has 3 aromatic heterocycles. The zero-order valence-corrected chi connectivity index (χ0v) is 19.7. The van der Waals surface area contributed by atoms with Gasteiger partial charge >= 0.3 is 0 Å². The van der Waals surface area contributed by atoms with Crippen molar-refractivity contribution in [3.63, 3.8) is 0 Å². The average molecular weight is 493 g/mol. The maximum atomic E-state index is 6.17. The van der Waals surface area contributed by atoms with E-state index in [1.807, 2.05) is 84.9 Å². The highest BCUT2D eigenvalue weighted by molar-refractivity contribution is 6.30. The Bertz CT molecular complexity index is 1690. The third kappa shape index (κ3) is 4.01. The summed E-state index contributed by atoms with van der Waals surface area (Å²) in [7, 11) is 0. The van der Waals surface area contributed by atoms with Gasteiger partial charge in [0.2, 0.25) is 5.82 Å². The number of aryl methyl sites for hydroxylation is 1. The maximum Gasteiger partial charge on any atom is 0.277 e. The maximum absolute atomic E-state index is 6.17. The molecule has 0 N–H and O–H groups in total. The van der Waals surface area contributed by atoms with E-state index >= 15 is 0 Å². The van der Waals surface area contributed by atoms with Gasteiger partial charge < -0.3 is 4.52 Å². The topological polar surface area (TPSA) is 107 Å². The summed E-state index contributed by atoms with van der Waals surface area (Å²) < 4.78 is 7.21. The van der Waals surface area contributed by atoms with E-state index in [0.29, 0.717) is 39.3 Å². The molecule has 3 aromatic carbocycles. The van der Waals surface area contributed by atoms with E-state index < -0.39 is 0 Å². The van der Waals surface area contributed by atoms with E-state index in [-0.39, 0.29) is 5.95 Å². The molecule has 0 bridgehead atoms. The second kappa shape index (κ2) is 9.12. The first kappa shape index (κ1) is 21.8. The molecule has 0 aliphatic rings. The van der Waals surface area contributed by atoms with Crippen LogP contribution >= 0.6 is 11.6 Å². The van der Waals surface area contributed by atoms with E-state index in [0.717, 1.165) is 16.5 Å². The molecule has 0 fully saturated rings. The fourth-order valence-electron chi connectivity index (χ4n) is 3.77. The Morgan fingerprint density at radius 2 is 1.53 bits per heavy atom. The molecule has 10 heteroatoms. The van der Waals surface area contributed by atoms with Crippen LogP contribution in [-0.4, -0.2) is 30.1 Å². The fourth-order valence-corrected chi connectivity index (χ4v) is 3.89. The Labute approximate surface area is 210 Å². The molecule has 174 valence electrons. The predicted octanol–water partition coefficient (Wildman–Crippen LogP) is 6.91. The summed E-state index contributed by atoms with van der Waals surface area (Å²) in [4.78, 5) is 4.62. The van der Waals surface area contributed by atoms with Crippen LogP contribution in [0.15, 0.2) is 99.7 Å². The lowest BCUT2D eigenvalue weighted by Gasteiger charge is -2.08. The van der Waals surface area contributed by atoms with Crippen molar-refractivity contribution >= 4 is 34.2 Å². The lowest BCUT2D eigenvalue weighted by molar-refractivity contribution is 0.447. The lowest BCUT2D eigenvalue weighted by atomic mass is 10.0. The molecule has 0 aliphatic heterocycles. The van der Waals surface area contributed by atoms with Crippen molar-refractivity contribution in [3.8, 4) is 28.5 Å². The monoisotopic (exact) mass is 492 g/mol. The van der Waals surface area contributed by atoms with Gasteiger partial charge in [0, 0.05) is 16.1 Å². The van der Waals surface area contributed by atoms with Crippen molar-refractivity contribution in [1.29, 1.82) is 0 Å². The molecular weight excluding hydrogens is 476 g/mol. The van der Waals surface area contributed by atoms with Crippen LogP contribution in [0.25, 0.3) is 39.6 Å². The molecule has 0 aliphatic carbocycles. The number of rotatable bonds is 5. The molecule has 0 saturated heterocycles.